The third kappa shape index (κ3) is 17.9. The number of rotatable bonds is 28. The monoisotopic (exact) mass is 1830 g/mol. The molecule has 39 nitrogen and oxygen atoms in total. The molecular formula is C80H95F2N5O34P4. The van der Waals surface area contributed by atoms with Gasteiger partial charge in [0.15, 0.2) is 41.2 Å². The van der Waals surface area contributed by atoms with Gasteiger partial charge < -0.3 is 64.9 Å². The minimum Gasteiger partial charge on any atom is -0.449 e. The van der Waals surface area contributed by atoms with E-state index in [0.29, 0.717) is 34.0 Å². The Morgan fingerprint density at radius 2 is 0.904 bits per heavy atom. The molecule has 10 N–H and O–H groups in total. The first kappa shape index (κ1) is 95.3. The summed E-state index contributed by atoms with van der Waals surface area (Å²) in [6.45, 7) is 3.98. The predicted octanol–water partition coefficient (Wildman–Crippen LogP) is 6.36. The van der Waals surface area contributed by atoms with E-state index in [2.05, 4.69) is 33.4 Å². The molecule has 3 aliphatic heterocycles. The zero-order chi connectivity index (χ0) is 91.5. The number of aliphatic hydroxyl groups excluding tert-OH is 2. The number of phosphoric ester groups is 4. The molecular weight excluding hydrogens is 1740 g/mol. The zero-order valence-corrected chi connectivity index (χ0v) is 71.9. The van der Waals surface area contributed by atoms with Crippen LogP contribution in [0.15, 0.2) is 120 Å². The number of hydroxylamine groups is 2. The molecule has 1 saturated heterocycles. The number of carbonyl (C=O) groups is 13. The van der Waals surface area contributed by atoms with Crippen LogP contribution in [0, 0.1) is 57.2 Å². The lowest BCUT2D eigenvalue weighted by atomic mass is 9.44. The number of amides is 8. The Labute approximate surface area is 712 Å². The van der Waals surface area contributed by atoms with Crippen molar-refractivity contribution in [2.24, 2.45) is 57.2 Å². The molecule has 6 saturated carbocycles. The van der Waals surface area contributed by atoms with Crippen LogP contribution in [-0.4, -0.2) is 226 Å². The van der Waals surface area contributed by atoms with Crippen LogP contribution in [0.1, 0.15) is 129 Å². The van der Waals surface area contributed by atoms with Crippen LogP contribution in [0.2, 0.25) is 0 Å². The Morgan fingerprint density at radius 3 is 1.32 bits per heavy atom. The number of carbonyl (C=O) groups excluding carboxylic acids is 13. The number of alkyl halides is 2. The summed E-state index contributed by atoms with van der Waals surface area (Å²) in [5.41, 5.74) is -9.09. The van der Waals surface area contributed by atoms with Crippen molar-refractivity contribution in [3.05, 3.63) is 132 Å². The number of ether oxygens (including phenoxy) is 2. The molecule has 20 atom stereocenters. The maximum atomic E-state index is 17.4. The number of alkyl carbamates (subject to hydrolysis) is 2. The van der Waals surface area contributed by atoms with Crippen LogP contribution in [0.5, 0.6) is 0 Å². The summed E-state index contributed by atoms with van der Waals surface area (Å²) < 4.78 is 122. The highest BCUT2D eigenvalue weighted by atomic mass is 31.3. The standard InChI is InChI=1S/C39H46FNO13P2.C30H39FN2O15P2.C11H10N2O6/c1-23-18-32-31-13-12-24-19-25(42)14-15-36(24,2)38(31,40)33(43)20-37(32,3)39(23,46)34(44)22-53-56(49,50)54-55(47,48)52-17-16-41-35(45)51-21-30-28-10-6-4-8-26(28)27-9-5-7-11-29(27)30;1-17-12-21-20-5-4-18-13-19(34)8-9-27(18,2)29(20,31)22(35)14-28(21,3)30(17,40)23(36)15-47-50(43,44)48-49(41,42)46-11-10-32-26(39)45-16-33-24(37)6-7-25(33)38;14-7-1-2-8(15)12(7)6-5-11(18)19-13-9(16)3-4-10(13)17/h4-11,14-15,19,23,30-33,43,46H,12-13,16-18,20-22H2,1-3H3,(H,41,45)(H,47,48)(H,49,50);6-9,13,17,20-22,35,40H,4-5,10-12,14-16H2,1-3H3,(H,32,39)(H,41,42)(H,43,44);1-2H,3-6H2/t23-,31+,32+,33+,36+,37+,38+,39+;17-,20+,21+,22+,27+,28+,29+,30+;/m11./s1. The molecule has 12 aliphatic rings. The van der Waals surface area contributed by atoms with Crippen LogP contribution < -0.4 is 10.6 Å². The quantitative estimate of drug-likeness (QED) is 0.0251. The van der Waals surface area contributed by atoms with Crippen molar-refractivity contribution in [1.82, 2.24) is 25.5 Å². The van der Waals surface area contributed by atoms with Gasteiger partial charge in [0, 0.05) is 96.2 Å². The van der Waals surface area contributed by atoms with E-state index in [1.54, 1.807) is 41.5 Å². The fraction of sp³-hybridized carbons (Fsp3) is 0.537. The van der Waals surface area contributed by atoms with Gasteiger partial charge in [-0.15, -0.1) is 5.06 Å². The molecule has 125 heavy (non-hydrogen) atoms. The average Bonchev–Trinajstić information content (AvgIpc) is 1.57. The molecule has 9 aliphatic carbocycles. The number of nitrogens with zero attached hydrogens (tertiary/aromatic N) is 3. The Kier molecular flexibility index (Phi) is 27.2. The molecule has 0 radical (unpaired) electrons. The molecule has 3 heterocycles. The molecule has 2 aromatic carbocycles. The lowest BCUT2D eigenvalue weighted by Crippen LogP contribution is -2.69. The second-order valence-electron chi connectivity index (χ2n) is 33.6. The summed E-state index contributed by atoms with van der Waals surface area (Å²) in [5, 5.41) is 51.9. The second-order valence-corrected chi connectivity index (χ2v) is 39.7. The van der Waals surface area contributed by atoms with Crippen molar-refractivity contribution in [3.63, 3.8) is 0 Å². The van der Waals surface area contributed by atoms with Crippen LogP contribution >= 0.6 is 31.3 Å². The van der Waals surface area contributed by atoms with Gasteiger partial charge in [0.2, 0.25) is 0 Å². The lowest BCUT2D eigenvalue weighted by Gasteiger charge is -2.62. The number of ketones is 4. The highest BCUT2D eigenvalue weighted by Gasteiger charge is 2.78. The third-order valence-corrected chi connectivity index (χ3v) is 32.1. The summed E-state index contributed by atoms with van der Waals surface area (Å²) in [4.78, 5) is 201. The Bertz CT molecular complexity index is 5120. The minimum absolute atomic E-state index is 0.0130. The van der Waals surface area contributed by atoms with E-state index in [9.17, 15) is 121 Å². The number of phosphoric acid groups is 4. The summed E-state index contributed by atoms with van der Waals surface area (Å²) in [6, 6.07) is 15.6. The van der Waals surface area contributed by atoms with Crippen LogP contribution in [0.25, 0.3) is 11.1 Å². The largest absolute Gasteiger partial charge is 0.481 e. The van der Waals surface area contributed by atoms with E-state index in [4.69, 9.17) is 18.3 Å². The van der Waals surface area contributed by atoms with E-state index < -0.39 is 228 Å². The van der Waals surface area contributed by atoms with Crippen molar-refractivity contribution in [1.29, 1.82) is 0 Å². The molecule has 0 aromatic heterocycles. The summed E-state index contributed by atoms with van der Waals surface area (Å²) >= 11 is 0. The van der Waals surface area contributed by atoms with E-state index in [1.165, 1.54) is 36.5 Å². The normalized spacial score (nSPS) is 34.0. The Morgan fingerprint density at radius 1 is 0.520 bits per heavy atom. The predicted molar refractivity (Wildman–Crippen MR) is 422 cm³/mol. The van der Waals surface area contributed by atoms with Gasteiger partial charge in [-0.25, -0.2) is 46.3 Å². The molecule has 4 unspecified atom stereocenters. The van der Waals surface area contributed by atoms with Gasteiger partial charge in [-0.1, -0.05) is 99.5 Å². The second kappa shape index (κ2) is 35.7. The van der Waals surface area contributed by atoms with Crippen molar-refractivity contribution in [2.45, 2.75) is 153 Å². The Hall–Kier alpha value is -8.79. The smallest absolute Gasteiger partial charge is 0.449 e. The van der Waals surface area contributed by atoms with Crippen LogP contribution in [0.4, 0.5) is 18.4 Å². The SMILES string of the molecule is C[C@@H]1C[C@H]2[C@@H]3CCC4=CC(=O)C=C[C@]4(C)[C@@]3(F)[C@@H](O)C[C@]2(C)[C@@]1(O)C(=O)COP(=O)(O)OP(=O)(O)OCCNC(=O)OCC1c2ccccc2-c2ccccc21.C[C@@H]1C[C@H]2[C@@H]3CCC4=CC(=O)C=C[C@]4(C)[C@@]3(F)[C@@H](O)C[C@]2(C)[C@@]1(O)C(=O)COP(=O)(O)OP(=O)(O)OCCNC(=O)OCN1C(=O)C=CC1=O.O=C(CCN1C(=O)C=CC1=O)ON1C(=O)CCC1=O. The van der Waals surface area contributed by atoms with E-state index >= 15 is 8.78 Å². The number of hydrogen-bond acceptors (Lipinski definition) is 30. The van der Waals surface area contributed by atoms with Crippen molar-refractivity contribution in [3.8, 4) is 11.1 Å². The molecule has 0 spiro atoms. The molecule has 8 amide bonds. The topological polar surface area (TPSA) is 569 Å². The maximum absolute atomic E-state index is 17.4. The van der Waals surface area contributed by atoms with Gasteiger partial charge in [-0.2, -0.15) is 8.62 Å². The molecule has 678 valence electrons. The summed E-state index contributed by atoms with van der Waals surface area (Å²) in [6.07, 6.45) is 7.84. The van der Waals surface area contributed by atoms with Gasteiger partial charge in [0.05, 0.1) is 31.8 Å². The first-order valence-electron chi connectivity index (χ1n) is 40.0. The Balaban J connectivity index is 0.000000189. The van der Waals surface area contributed by atoms with Gasteiger partial charge in [0.1, 0.15) is 31.0 Å². The first-order valence-corrected chi connectivity index (χ1v) is 45.9. The van der Waals surface area contributed by atoms with Gasteiger partial charge in [-0.3, -0.25) is 70.9 Å². The van der Waals surface area contributed by atoms with Gasteiger partial charge in [0.25, 0.3) is 35.4 Å². The lowest BCUT2D eigenvalue weighted by molar-refractivity contribution is -0.219. The molecule has 2 aromatic rings. The highest BCUT2D eigenvalue weighted by molar-refractivity contribution is 7.61. The van der Waals surface area contributed by atoms with E-state index in [0.717, 1.165) is 51.5 Å². The first-order chi connectivity index (χ1) is 58.4. The molecule has 45 heteroatoms. The fourth-order valence-electron chi connectivity index (χ4n) is 20.8. The number of aliphatic hydroxyl groups is 4. The van der Waals surface area contributed by atoms with Crippen LogP contribution in [0.3, 0.4) is 0 Å². The number of imide groups is 3. The van der Waals surface area contributed by atoms with Crippen molar-refractivity contribution < 1.29 is 170 Å². The van der Waals surface area contributed by atoms with Crippen molar-refractivity contribution >= 4 is 108 Å². The molecule has 7 fully saturated rings. The number of halogens is 2. The number of hydrogen-bond donors (Lipinski definition) is 10. The van der Waals surface area contributed by atoms with Gasteiger partial charge in [-0.05, 0) is 135 Å². The van der Waals surface area contributed by atoms with Crippen molar-refractivity contribution in [2.75, 3.05) is 59.4 Å². The fourth-order valence-corrected chi connectivity index (χ4v) is 24.9. The molecule has 14 rings (SSSR count). The maximum Gasteiger partial charge on any atom is 0.481 e. The average molecular weight is 1830 g/mol. The minimum atomic E-state index is -5.50. The number of nitrogens with one attached hydrogen (secondary N) is 2. The number of Topliss-reactive ketones (excluding diaryl/α,β-unsaturated/α-hetero) is 2. The number of allylic oxidation sites excluding steroid dienone is 8. The summed E-state index contributed by atoms with van der Waals surface area (Å²) in [5.74, 6) is -11.8. The molecule has 0 bridgehead atoms. The zero-order valence-electron chi connectivity index (χ0n) is 68.3. The van der Waals surface area contributed by atoms with E-state index in [-0.39, 0.29) is 95.0 Å². The van der Waals surface area contributed by atoms with E-state index in [1.807, 2.05) is 48.5 Å². The number of benzene rings is 2. The number of fused-ring (bicyclic) bond motifs is 13. The third-order valence-electron chi connectivity index (χ3n) is 26.9. The highest BCUT2D eigenvalue weighted by Crippen LogP contribution is 2.74. The summed E-state index contributed by atoms with van der Waals surface area (Å²) in [7, 11) is -21.6. The van der Waals surface area contributed by atoms with Gasteiger partial charge >= 0.3 is 49.4 Å². The van der Waals surface area contributed by atoms with Crippen LogP contribution in [-0.2, 0) is 112 Å².